The van der Waals surface area contributed by atoms with E-state index in [0.29, 0.717) is 11.5 Å². The first-order valence-electron chi connectivity index (χ1n) is 12.6. The Kier molecular flexibility index (Phi) is 6.71. The quantitative estimate of drug-likeness (QED) is 0.218. The van der Waals surface area contributed by atoms with Crippen LogP contribution in [0.4, 0.5) is 33.8 Å². The molecule has 2 heterocycles. The summed E-state index contributed by atoms with van der Waals surface area (Å²) in [6.45, 7) is 14.6. The minimum atomic E-state index is 0.523. The number of thiazole rings is 1. The van der Waals surface area contributed by atoms with Gasteiger partial charge >= 0.3 is 0 Å². The molecule has 0 atom stereocenters. The molecule has 2 N–H and O–H groups in total. The van der Waals surface area contributed by atoms with E-state index < -0.39 is 0 Å². The maximum atomic E-state index is 7.92. The Hall–Kier alpha value is -4.10. The fourth-order valence-electron chi connectivity index (χ4n) is 5.28. The number of benzene rings is 3. The summed E-state index contributed by atoms with van der Waals surface area (Å²) in [6, 6.07) is 18.9. The van der Waals surface area contributed by atoms with Gasteiger partial charge in [-0.3, -0.25) is 4.90 Å². The summed E-state index contributed by atoms with van der Waals surface area (Å²) in [6.07, 6.45) is 0. The summed E-state index contributed by atoms with van der Waals surface area (Å²) in [7, 11) is 0. The lowest BCUT2D eigenvalue weighted by atomic mass is 10.0. The molecule has 0 amide bonds. The van der Waals surface area contributed by atoms with E-state index in [2.05, 4.69) is 87.2 Å². The molecule has 2 aromatic heterocycles. The predicted octanol–water partition coefficient (Wildman–Crippen LogP) is 9.73. The maximum absolute atomic E-state index is 7.92. The van der Waals surface area contributed by atoms with Crippen LogP contribution in [0.5, 0.6) is 0 Å². The summed E-state index contributed by atoms with van der Waals surface area (Å²) < 4.78 is 1.12. The van der Waals surface area contributed by atoms with Crippen molar-refractivity contribution in [3.63, 3.8) is 0 Å². The Morgan fingerprint density at radius 1 is 0.763 bits per heavy atom. The number of hydrogen-bond acceptors (Lipinski definition) is 7. The van der Waals surface area contributed by atoms with Crippen LogP contribution in [0.15, 0.2) is 59.7 Å². The van der Waals surface area contributed by atoms with Crippen molar-refractivity contribution in [1.82, 2.24) is 9.97 Å². The van der Waals surface area contributed by atoms with Gasteiger partial charge < -0.3 is 5.32 Å². The second kappa shape index (κ2) is 9.99. The molecule has 0 unspecified atom stereocenters. The van der Waals surface area contributed by atoms with Gasteiger partial charge in [0.1, 0.15) is 11.5 Å². The molecule has 0 spiro atoms. The number of nitrogens with zero attached hydrogens (tertiary/aromatic N) is 4. The predicted molar refractivity (Wildman–Crippen MR) is 160 cm³/mol. The fourth-order valence-corrected chi connectivity index (χ4v) is 6.26. The number of rotatable bonds is 6. The van der Waals surface area contributed by atoms with E-state index in [4.69, 9.17) is 15.5 Å². The molecule has 0 aliphatic carbocycles. The summed E-state index contributed by atoms with van der Waals surface area (Å²) >= 11 is 1.64. The largest absolute Gasteiger partial charge is 0.338 e. The van der Waals surface area contributed by atoms with Gasteiger partial charge in [-0.15, -0.1) is 0 Å². The van der Waals surface area contributed by atoms with Gasteiger partial charge in [0.25, 0.3) is 0 Å². The molecule has 5 rings (SSSR count). The Balaban J connectivity index is 1.75. The number of aromatic nitrogens is 2. The monoisotopic (exact) mass is 520 g/mol. The van der Waals surface area contributed by atoms with Crippen LogP contribution in [0.1, 0.15) is 38.9 Å². The number of pyridine rings is 1. The lowest BCUT2D eigenvalue weighted by Gasteiger charge is -2.27. The second-order valence-electron chi connectivity index (χ2n) is 10.1. The highest BCUT2D eigenvalue weighted by Gasteiger charge is 2.24. The molecule has 0 bridgehead atoms. The average molecular weight is 521 g/mol. The number of fused-ring (bicyclic) bond motifs is 1. The van der Waals surface area contributed by atoms with Crippen molar-refractivity contribution in [2.45, 2.75) is 48.5 Å². The third-order valence-electron chi connectivity index (χ3n) is 6.76. The maximum Gasteiger partial charge on any atom is 0.196 e. The van der Waals surface area contributed by atoms with Crippen molar-refractivity contribution in [2.75, 3.05) is 10.2 Å². The van der Waals surface area contributed by atoms with Gasteiger partial charge in [-0.05, 0) is 94.5 Å². The molecule has 38 heavy (non-hydrogen) atoms. The zero-order chi connectivity index (χ0) is 27.1. The molecule has 0 aliphatic rings. The third-order valence-corrected chi connectivity index (χ3v) is 7.79. The molecule has 0 aliphatic heterocycles. The lowest BCUT2D eigenvalue weighted by molar-refractivity contribution is 1.08. The highest BCUT2D eigenvalue weighted by atomic mass is 32.1. The molecular formula is C31H32N6S. The van der Waals surface area contributed by atoms with Gasteiger partial charge in [-0.2, -0.15) is 5.11 Å². The molecule has 3 aromatic carbocycles. The molecule has 5 aromatic rings. The van der Waals surface area contributed by atoms with Gasteiger partial charge in [0.2, 0.25) is 0 Å². The van der Waals surface area contributed by atoms with Crippen molar-refractivity contribution < 1.29 is 0 Å². The molecular weight excluding hydrogens is 488 g/mol. The number of nitrogens with one attached hydrogen (secondary N) is 2. The van der Waals surface area contributed by atoms with Crippen LogP contribution in [0.3, 0.4) is 0 Å². The van der Waals surface area contributed by atoms with E-state index >= 15 is 0 Å². The lowest BCUT2D eigenvalue weighted by Crippen LogP contribution is -2.15. The number of anilines is 5. The Labute approximate surface area is 227 Å². The second-order valence-corrected chi connectivity index (χ2v) is 11.1. The standard InChI is InChI=1S/C31H32N6S/c1-17-12-19(3)27(20(4)13-17)35-30-28(36-32)21(5)16-26(34-30)37(29-22(6)14-18(2)15-23(29)7)31-33-24-10-8-9-11-25(24)38-31/h8-16,32H,1-7H3,(H,34,35). The van der Waals surface area contributed by atoms with Crippen molar-refractivity contribution in [3.8, 4) is 0 Å². The summed E-state index contributed by atoms with van der Waals surface area (Å²) in [5.74, 6) is 1.28. The van der Waals surface area contributed by atoms with E-state index in [-0.39, 0.29) is 0 Å². The first-order chi connectivity index (χ1) is 18.2. The van der Waals surface area contributed by atoms with Crippen LogP contribution in [0.2, 0.25) is 0 Å². The van der Waals surface area contributed by atoms with Crippen LogP contribution < -0.4 is 10.2 Å². The van der Waals surface area contributed by atoms with Gasteiger partial charge in [-0.25, -0.2) is 15.5 Å². The smallest absolute Gasteiger partial charge is 0.196 e. The molecule has 0 saturated carbocycles. The Morgan fingerprint density at radius 2 is 1.37 bits per heavy atom. The van der Waals surface area contributed by atoms with Crippen molar-refractivity contribution in [3.05, 3.63) is 93.5 Å². The van der Waals surface area contributed by atoms with Gasteiger partial charge in [0.05, 0.1) is 15.9 Å². The van der Waals surface area contributed by atoms with Crippen LogP contribution in [0.25, 0.3) is 10.2 Å². The number of para-hydroxylation sites is 1. The average Bonchev–Trinajstić information content (AvgIpc) is 3.27. The SMILES string of the molecule is Cc1cc(C)c(Nc2nc(N(c3nc4ccccc4s3)c3c(C)cc(C)cc3C)cc(C)c2N=N)c(C)c1. The molecule has 7 heteroatoms. The molecule has 0 fully saturated rings. The Bertz CT molecular complexity index is 1620. The Morgan fingerprint density at radius 3 is 1.97 bits per heavy atom. The number of aryl methyl sites for hydroxylation is 7. The minimum absolute atomic E-state index is 0.523. The van der Waals surface area contributed by atoms with Crippen LogP contribution in [-0.2, 0) is 0 Å². The van der Waals surface area contributed by atoms with E-state index in [1.807, 2.05) is 31.2 Å². The van der Waals surface area contributed by atoms with E-state index in [0.717, 1.165) is 60.4 Å². The summed E-state index contributed by atoms with van der Waals surface area (Å²) in [5.41, 5.74) is 19.3. The highest BCUT2D eigenvalue weighted by Crippen LogP contribution is 2.44. The van der Waals surface area contributed by atoms with E-state index in [9.17, 15) is 0 Å². The van der Waals surface area contributed by atoms with Gasteiger partial charge in [-0.1, -0.05) is 58.9 Å². The zero-order valence-corrected chi connectivity index (χ0v) is 23.7. The summed E-state index contributed by atoms with van der Waals surface area (Å²) in [4.78, 5) is 12.3. The number of hydrogen-bond donors (Lipinski definition) is 2. The summed E-state index contributed by atoms with van der Waals surface area (Å²) in [5, 5.41) is 8.23. The molecule has 0 radical (unpaired) electrons. The third kappa shape index (κ3) is 4.65. The highest BCUT2D eigenvalue weighted by molar-refractivity contribution is 7.22. The molecule has 6 nitrogen and oxygen atoms in total. The molecule has 192 valence electrons. The minimum Gasteiger partial charge on any atom is -0.338 e. The topological polar surface area (TPSA) is 77.3 Å². The normalized spacial score (nSPS) is 11.1. The zero-order valence-electron chi connectivity index (χ0n) is 22.9. The first kappa shape index (κ1) is 25.5. The van der Waals surface area contributed by atoms with Gasteiger partial charge in [0, 0.05) is 5.69 Å². The molecule has 0 saturated heterocycles. The van der Waals surface area contributed by atoms with E-state index in [1.54, 1.807) is 11.3 Å². The fraction of sp³-hybridized carbons (Fsp3) is 0.226. The van der Waals surface area contributed by atoms with Crippen molar-refractivity contribution >= 4 is 55.4 Å². The van der Waals surface area contributed by atoms with Crippen LogP contribution in [-0.4, -0.2) is 9.97 Å². The van der Waals surface area contributed by atoms with Crippen molar-refractivity contribution in [1.29, 1.82) is 5.53 Å². The van der Waals surface area contributed by atoms with Crippen LogP contribution in [0, 0.1) is 54.0 Å². The van der Waals surface area contributed by atoms with Crippen LogP contribution >= 0.6 is 11.3 Å². The van der Waals surface area contributed by atoms with Crippen molar-refractivity contribution in [2.24, 2.45) is 5.11 Å². The van der Waals surface area contributed by atoms with E-state index in [1.165, 1.54) is 11.1 Å². The van der Waals surface area contributed by atoms with Gasteiger partial charge in [0.15, 0.2) is 10.9 Å². The first-order valence-corrected chi connectivity index (χ1v) is 13.5.